The summed E-state index contributed by atoms with van der Waals surface area (Å²) in [6, 6.07) is 11.5. The fraction of sp³-hybridized carbons (Fsp3) is 0.278. The molecule has 0 unspecified atom stereocenters. The van der Waals surface area contributed by atoms with Crippen LogP contribution in [0.3, 0.4) is 0 Å². The van der Waals surface area contributed by atoms with Gasteiger partial charge in [-0.25, -0.2) is 18.2 Å². The van der Waals surface area contributed by atoms with E-state index in [9.17, 15) is 13.2 Å². The number of carbonyl (C=O) groups is 1. The highest BCUT2D eigenvalue weighted by atomic mass is 32.2. The number of urea groups is 1. The maximum atomic E-state index is 12.0. The number of sulfone groups is 1. The van der Waals surface area contributed by atoms with E-state index in [1.165, 1.54) is 6.20 Å². The van der Waals surface area contributed by atoms with Crippen LogP contribution in [0.25, 0.3) is 0 Å². The Hall–Kier alpha value is -3.12. The third kappa shape index (κ3) is 5.43. The van der Waals surface area contributed by atoms with Gasteiger partial charge in [0.2, 0.25) is 5.88 Å². The van der Waals surface area contributed by atoms with Gasteiger partial charge in [-0.2, -0.15) is 5.26 Å². The number of rotatable bonds is 5. The van der Waals surface area contributed by atoms with E-state index in [1.807, 2.05) is 6.07 Å². The third-order valence-corrected chi connectivity index (χ3v) is 5.89. The van der Waals surface area contributed by atoms with Crippen molar-refractivity contribution in [2.24, 2.45) is 5.92 Å². The number of pyridine rings is 1. The Labute approximate surface area is 157 Å². The number of aromatic nitrogens is 1. The van der Waals surface area contributed by atoms with Crippen LogP contribution in [0, 0.1) is 17.2 Å². The standard InChI is InChI=1S/C18H18N4O4S/c19-9-13-4-5-17(20-10-13)26-16-3-1-2-15(8-16)22-18(23)21-11-14-6-7-27(24,25)12-14/h1-5,8,10,14H,6-7,11-12H2,(H2,21,22,23)/t14-/m0/s1. The summed E-state index contributed by atoms with van der Waals surface area (Å²) >= 11 is 0. The number of hydrogen-bond acceptors (Lipinski definition) is 6. The van der Waals surface area contributed by atoms with Gasteiger partial charge >= 0.3 is 6.03 Å². The first-order chi connectivity index (χ1) is 12.9. The maximum absolute atomic E-state index is 12.0. The summed E-state index contributed by atoms with van der Waals surface area (Å²) in [6.45, 7) is 0.316. The molecule has 2 N–H and O–H groups in total. The molecule has 2 amide bonds. The summed E-state index contributed by atoms with van der Waals surface area (Å²) in [4.78, 5) is 16.0. The van der Waals surface area contributed by atoms with Gasteiger partial charge in [-0.1, -0.05) is 6.07 Å². The lowest BCUT2D eigenvalue weighted by Crippen LogP contribution is -2.33. The Balaban J connectivity index is 1.53. The molecule has 0 aliphatic carbocycles. The molecule has 1 saturated heterocycles. The minimum atomic E-state index is -2.95. The van der Waals surface area contributed by atoms with Crippen LogP contribution in [0.15, 0.2) is 42.6 Å². The van der Waals surface area contributed by atoms with Crippen LogP contribution in [0.4, 0.5) is 10.5 Å². The Kier molecular flexibility index (Phi) is 5.57. The van der Waals surface area contributed by atoms with Gasteiger partial charge in [0.25, 0.3) is 0 Å². The van der Waals surface area contributed by atoms with Gasteiger partial charge < -0.3 is 15.4 Å². The molecule has 2 aromatic rings. The van der Waals surface area contributed by atoms with Crippen molar-refractivity contribution < 1.29 is 17.9 Å². The van der Waals surface area contributed by atoms with E-state index in [1.54, 1.807) is 36.4 Å². The van der Waals surface area contributed by atoms with Gasteiger partial charge in [-0.3, -0.25) is 0 Å². The molecule has 1 atom stereocenters. The average molecular weight is 386 g/mol. The number of nitrogens with one attached hydrogen (secondary N) is 2. The monoisotopic (exact) mass is 386 g/mol. The number of hydrogen-bond donors (Lipinski definition) is 2. The molecule has 0 radical (unpaired) electrons. The largest absolute Gasteiger partial charge is 0.439 e. The molecule has 140 valence electrons. The molecule has 1 aliphatic heterocycles. The molecule has 1 aliphatic rings. The second kappa shape index (κ2) is 8.05. The van der Waals surface area contributed by atoms with Gasteiger partial charge in [-0.05, 0) is 30.5 Å². The molecule has 1 aromatic carbocycles. The van der Waals surface area contributed by atoms with Crippen LogP contribution in [-0.2, 0) is 9.84 Å². The number of carbonyl (C=O) groups excluding carboxylic acids is 1. The smallest absolute Gasteiger partial charge is 0.319 e. The van der Waals surface area contributed by atoms with E-state index in [0.717, 1.165) is 0 Å². The number of ether oxygens (including phenoxy) is 1. The molecule has 0 saturated carbocycles. The van der Waals surface area contributed by atoms with Gasteiger partial charge in [0, 0.05) is 30.6 Å². The van der Waals surface area contributed by atoms with Crippen LogP contribution in [-0.4, -0.2) is 37.5 Å². The quantitative estimate of drug-likeness (QED) is 0.813. The predicted molar refractivity (Wildman–Crippen MR) is 99.3 cm³/mol. The minimum Gasteiger partial charge on any atom is -0.439 e. The number of benzene rings is 1. The van der Waals surface area contributed by atoms with Crippen molar-refractivity contribution in [3.63, 3.8) is 0 Å². The third-order valence-electron chi connectivity index (χ3n) is 4.06. The van der Waals surface area contributed by atoms with Crippen LogP contribution in [0.1, 0.15) is 12.0 Å². The van der Waals surface area contributed by atoms with Crippen LogP contribution in [0.5, 0.6) is 11.6 Å². The van der Waals surface area contributed by atoms with E-state index < -0.39 is 15.9 Å². The molecule has 0 spiro atoms. The molecule has 1 aromatic heterocycles. The van der Waals surface area contributed by atoms with Crippen molar-refractivity contribution >= 4 is 21.6 Å². The Morgan fingerprint density at radius 1 is 1.33 bits per heavy atom. The normalized spacial score (nSPS) is 17.7. The Morgan fingerprint density at radius 2 is 2.19 bits per heavy atom. The lowest BCUT2D eigenvalue weighted by Gasteiger charge is -2.12. The maximum Gasteiger partial charge on any atom is 0.319 e. The second-order valence-corrected chi connectivity index (χ2v) is 8.46. The van der Waals surface area contributed by atoms with Crippen molar-refractivity contribution in [2.75, 3.05) is 23.4 Å². The highest BCUT2D eigenvalue weighted by Crippen LogP contribution is 2.23. The molecule has 27 heavy (non-hydrogen) atoms. The van der Waals surface area contributed by atoms with Gasteiger partial charge in [0.1, 0.15) is 11.8 Å². The molecular weight excluding hydrogens is 368 g/mol. The summed E-state index contributed by atoms with van der Waals surface area (Å²) in [7, 11) is -2.95. The van der Waals surface area contributed by atoms with Gasteiger partial charge in [0.15, 0.2) is 9.84 Å². The zero-order valence-electron chi connectivity index (χ0n) is 14.4. The number of nitrogens with zero attached hydrogens (tertiary/aromatic N) is 2. The zero-order valence-corrected chi connectivity index (χ0v) is 15.2. The van der Waals surface area contributed by atoms with Crippen molar-refractivity contribution in [1.29, 1.82) is 5.26 Å². The summed E-state index contributed by atoms with van der Waals surface area (Å²) < 4.78 is 28.5. The summed E-state index contributed by atoms with van der Waals surface area (Å²) in [6.07, 6.45) is 1.98. The van der Waals surface area contributed by atoms with Crippen LogP contribution >= 0.6 is 0 Å². The van der Waals surface area contributed by atoms with E-state index in [4.69, 9.17) is 10.00 Å². The zero-order chi connectivity index (χ0) is 19.3. The SMILES string of the molecule is N#Cc1ccc(Oc2cccc(NC(=O)NC[C@@H]3CCS(=O)(=O)C3)c2)nc1. The molecule has 3 rings (SSSR count). The summed E-state index contributed by atoms with van der Waals surface area (Å²) in [5.74, 6) is 1.07. The average Bonchev–Trinajstić information content (AvgIpc) is 3.00. The van der Waals surface area contributed by atoms with Gasteiger partial charge in [0.05, 0.1) is 17.1 Å². The fourth-order valence-electron chi connectivity index (χ4n) is 2.71. The number of nitriles is 1. The van der Waals surface area contributed by atoms with E-state index in [-0.39, 0.29) is 17.4 Å². The lowest BCUT2D eigenvalue weighted by molar-refractivity contribution is 0.250. The van der Waals surface area contributed by atoms with Crippen LogP contribution in [0.2, 0.25) is 0 Å². The number of amides is 2. The van der Waals surface area contributed by atoms with Crippen molar-refractivity contribution in [3.8, 4) is 17.7 Å². The predicted octanol–water partition coefficient (Wildman–Crippen LogP) is 2.30. The van der Waals surface area contributed by atoms with Crippen molar-refractivity contribution in [1.82, 2.24) is 10.3 Å². The van der Waals surface area contributed by atoms with Gasteiger partial charge in [-0.15, -0.1) is 0 Å². The van der Waals surface area contributed by atoms with Crippen LogP contribution < -0.4 is 15.4 Å². The Morgan fingerprint density at radius 3 is 2.85 bits per heavy atom. The van der Waals surface area contributed by atoms with Crippen molar-refractivity contribution in [2.45, 2.75) is 6.42 Å². The summed E-state index contributed by atoms with van der Waals surface area (Å²) in [5.41, 5.74) is 0.960. The second-order valence-electron chi connectivity index (χ2n) is 6.23. The highest BCUT2D eigenvalue weighted by molar-refractivity contribution is 7.91. The first-order valence-electron chi connectivity index (χ1n) is 8.33. The molecule has 0 bridgehead atoms. The van der Waals surface area contributed by atoms with E-state index >= 15 is 0 Å². The molecule has 8 nitrogen and oxygen atoms in total. The minimum absolute atomic E-state index is 0.0436. The molecule has 9 heteroatoms. The first kappa shape index (κ1) is 18.7. The lowest BCUT2D eigenvalue weighted by atomic mass is 10.1. The van der Waals surface area contributed by atoms with E-state index in [2.05, 4.69) is 15.6 Å². The summed E-state index contributed by atoms with van der Waals surface area (Å²) in [5, 5.41) is 14.2. The molecule has 1 fully saturated rings. The molecule has 2 heterocycles. The Bertz CT molecular complexity index is 968. The first-order valence-corrected chi connectivity index (χ1v) is 10.1. The van der Waals surface area contributed by atoms with E-state index in [0.29, 0.717) is 35.8 Å². The fourth-order valence-corrected chi connectivity index (χ4v) is 4.57. The molecular formula is C18H18N4O4S. The number of anilines is 1. The highest BCUT2D eigenvalue weighted by Gasteiger charge is 2.27. The topological polar surface area (TPSA) is 121 Å². The van der Waals surface area contributed by atoms with Crippen molar-refractivity contribution in [3.05, 3.63) is 48.2 Å².